The van der Waals surface area contributed by atoms with Gasteiger partial charge in [-0.1, -0.05) is 36.4 Å². The fourth-order valence-corrected chi connectivity index (χ4v) is 1.73. The number of anilines is 1. The molecule has 0 atom stereocenters. The van der Waals surface area contributed by atoms with Crippen molar-refractivity contribution in [2.24, 2.45) is 4.99 Å². The van der Waals surface area contributed by atoms with Gasteiger partial charge in [0.15, 0.2) is 0 Å². The van der Waals surface area contributed by atoms with Gasteiger partial charge in [0.2, 0.25) is 5.96 Å². The Labute approximate surface area is 120 Å². The number of nitrogens with one attached hydrogen (secondary N) is 2. The zero-order chi connectivity index (χ0) is 14.4. The van der Waals surface area contributed by atoms with Gasteiger partial charge in [0.1, 0.15) is 0 Å². The minimum Gasteiger partial charge on any atom is -0.351 e. The maximum atomic E-state index is 4.63. The van der Waals surface area contributed by atoms with Crippen molar-refractivity contribution < 1.29 is 0 Å². The lowest BCUT2D eigenvalue weighted by Crippen LogP contribution is -2.44. The third kappa shape index (κ3) is 4.76. The van der Waals surface area contributed by atoms with Crippen LogP contribution in [0.3, 0.4) is 0 Å². The van der Waals surface area contributed by atoms with E-state index in [4.69, 9.17) is 0 Å². The van der Waals surface area contributed by atoms with Crippen LogP contribution in [0, 0.1) is 0 Å². The highest BCUT2D eigenvalue weighted by molar-refractivity contribution is 5.95. The summed E-state index contributed by atoms with van der Waals surface area (Å²) in [5.74, 6) is 0.745. The largest absolute Gasteiger partial charge is 0.351 e. The van der Waals surface area contributed by atoms with Gasteiger partial charge in [-0.3, -0.25) is 0 Å². The van der Waals surface area contributed by atoms with E-state index in [-0.39, 0.29) is 5.54 Å². The van der Waals surface area contributed by atoms with Gasteiger partial charge in [0.25, 0.3) is 0 Å². The lowest BCUT2D eigenvalue weighted by atomic mass is 10.1. The van der Waals surface area contributed by atoms with E-state index in [9.17, 15) is 0 Å². The SMILES string of the molecule is CC(C)(C)N/C(=N\c1ccccc1)Nc1ccccc1. The van der Waals surface area contributed by atoms with Crippen LogP contribution in [0.5, 0.6) is 0 Å². The smallest absolute Gasteiger partial charge is 0.201 e. The van der Waals surface area contributed by atoms with Crippen molar-refractivity contribution in [3.8, 4) is 0 Å². The standard InChI is InChI=1S/C17H21N3/c1-17(2,3)20-16(18-14-10-6-4-7-11-14)19-15-12-8-5-9-13-15/h4-13H,1-3H3,(H2,18,19,20). The Bertz CT molecular complexity index is 554. The summed E-state index contributed by atoms with van der Waals surface area (Å²) in [5.41, 5.74) is 1.87. The molecule has 0 aromatic heterocycles. The minimum atomic E-state index is -0.0601. The van der Waals surface area contributed by atoms with Crippen molar-refractivity contribution in [1.29, 1.82) is 0 Å². The van der Waals surface area contributed by atoms with Gasteiger partial charge in [-0.2, -0.15) is 0 Å². The number of aliphatic imine (C=N–C) groups is 1. The Morgan fingerprint density at radius 3 is 1.95 bits per heavy atom. The average Bonchev–Trinajstić information content (AvgIpc) is 2.39. The van der Waals surface area contributed by atoms with E-state index in [0.717, 1.165) is 17.3 Å². The molecule has 0 unspecified atom stereocenters. The van der Waals surface area contributed by atoms with Crippen LogP contribution in [0.25, 0.3) is 0 Å². The van der Waals surface area contributed by atoms with Crippen molar-refractivity contribution in [3.63, 3.8) is 0 Å². The molecule has 2 rings (SSSR count). The number of guanidine groups is 1. The summed E-state index contributed by atoms with van der Waals surface area (Å²) < 4.78 is 0. The molecule has 0 aliphatic rings. The van der Waals surface area contributed by atoms with Crippen molar-refractivity contribution in [2.45, 2.75) is 26.3 Å². The van der Waals surface area contributed by atoms with E-state index in [1.807, 2.05) is 60.7 Å². The van der Waals surface area contributed by atoms with Gasteiger partial charge in [-0.15, -0.1) is 0 Å². The van der Waals surface area contributed by atoms with E-state index in [1.54, 1.807) is 0 Å². The number of para-hydroxylation sites is 2. The van der Waals surface area contributed by atoms with E-state index in [0.29, 0.717) is 0 Å². The Morgan fingerprint density at radius 1 is 0.850 bits per heavy atom. The molecule has 0 spiro atoms. The zero-order valence-corrected chi connectivity index (χ0v) is 12.2. The van der Waals surface area contributed by atoms with Gasteiger partial charge in [0.05, 0.1) is 5.69 Å². The summed E-state index contributed by atoms with van der Waals surface area (Å²) in [6.07, 6.45) is 0. The van der Waals surface area contributed by atoms with Crippen molar-refractivity contribution in [2.75, 3.05) is 5.32 Å². The predicted molar refractivity (Wildman–Crippen MR) is 86.5 cm³/mol. The molecule has 0 saturated carbocycles. The topological polar surface area (TPSA) is 36.4 Å². The second-order valence-electron chi connectivity index (χ2n) is 5.66. The Hall–Kier alpha value is -2.29. The highest BCUT2D eigenvalue weighted by Crippen LogP contribution is 2.12. The van der Waals surface area contributed by atoms with Crippen LogP contribution in [-0.2, 0) is 0 Å². The predicted octanol–water partition coefficient (Wildman–Crippen LogP) is 4.17. The first-order valence-corrected chi connectivity index (χ1v) is 6.77. The minimum absolute atomic E-state index is 0.0601. The molecule has 3 nitrogen and oxygen atoms in total. The van der Waals surface area contributed by atoms with Gasteiger partial charge >= 0.3 is 0 Å². The first-order valence-electron chi connectivity index (χ1n) is 6.77. The summed E-state index contributed by atoms with van der Waals surface area (Å²) in [6, 6.07) is 20.0. The molecular weight excluding hydrogens is 246 g/mol. The molecule has 2 aromatic rings. The van der Waals surface area contributed by atoms with Crippen molar-refractivity contribution in [1.82, 2.24) is 5.32 Å². The monoisotopic (exact) mass is 267 g/mol. The van der Waals surface area contributed by atoms with Crippen LogP contribution in [0.1, 0.15) is 20.8 Å². The second kappa shape index (κ2) is 6.24. The molecule has 0 radical (unpaired) electrons. The van der Waals surface area contributed by atoms with Crippen LogP contribution in [0.15, 0.2) is 65.7 Å². The normalized spacial score (nSPS) is 12.1. The molecule has 20 heavy (non-hydrogen) atoms. The van der Waals surface area contributed by atoms with Crippen molar-refractivity contribution in [3.05, 3.63) is 60.7 Å². The number of rotatable bonds is 2. The van der Waals surface area contributed by atoms with Crippen LogP contribution in [0.4, 0.5) is 11.4 Å². The molecule has 0 bridgehead atoms. The number of hydrogen-bond donors (Lipinski definition) is 2. The molecule has 2 N–H and O–H groups in total. The second-order valence-corrected chi connectivity index (χ2v) is 5.66. The molecule has 0 saturated heterocycles. The van der Waals surface area contributed by atoms with Crippen LogP contribution in [-0.4, -0.2) is 11.5 Å². The molecule has 2 aromatic carbocycles. The fraction of sp³-hybridized carbons (Fsp3) is 0.235. The maximum absolute atomic E-state index is 4.63. The maximum Gasteiger partial charge on any atom is 0.201 e. The van der Waals surface area contributed by atoms with E-state index >= 15 is 0 Å². The number of nitrogens with zero attached hydrogens (tertiary/aromatic N) is 1. The highest BCUT2D eigenvalue weighted by Gasteiger charge is 2.12. The molecule has 0 amide bonds. The Kier molecular flexibility index (Phi) is 4.41. The Balaban J connectivity index is 2.23. The summed E-state index contributed by atoms with van der Waals surface area (Å²) in [6.45, 7) is 6.33. The first kappa shape index (κ1) is 14.1. The van der Waals surface area contributed by atoms with Gasteiger partial charge < -0.3 is 10.6 Å². The third-order valence-electron chi connectivity index (χ3n) is 2.53. The highest BCUT2D eigenvalue weighted by atomic mass is 15.2. The van der Waals surface area contributed by atoms with E-state index < -0.39 is 0 Å². The average molecular weight is 267 g/mol. The molecule has 0 fully saturated rings. The molecular formula is C17H21N3. The van der Waals surface area contributed by atoms with Crippen molar-refractivity contribution >= 4 is 17.3 Å². The summed E-state index contributed by atoms with van der Waals surface area (Å²) in [7, 11) is 0. The summed E-state index contributed by atoms with van der Waals surface area (Å²) in [5, 5.41) is 6.71. The van der Waals surface area contributed by atoms with E-state index in [1.165, 1.54) is 0 Å². The van der Waals surface area contributed by atoms with Gasteiger partial charge in [-0.25, -0.2) is 4.99 Å². The van der Waals surface area contributed by atoms with Crippen LogP contribution >= 0.6 is 0 Å². The van der Waals surface area contributed by atoms with Crippen LogP contribution in [0.2, 0.25) is 0 Å². The molecule has 0 heterocycles. The summed E-state index contributed by atoms with van der Waals surface area (Å²) in [4.78, 5) is 4.63. The molecule has 0 aliphatic heterocycles. The lowest BCUT2D eigenvalue weighted by molar-refractivity contribution is 0.511. The zero-order valence-electron chi connectivity index (χ0n) is 12.2. The quantitative estimate of drug-likeness (QED) is 0.632. The molecule has 104 valence electrons. The first-order chi connectivity index (χ1) is 9.53. The van der Waals surface area contributed by atoms with Crippen LogP contribution < -0.4 is 10.6 Å². The Morgan fingerprint density at radius 2 is 1.40 bits per heavy atom. The van der Waals surface area contributed by atoms with E-state index in [2.05, 4.69) is 36.4 Å². The molecule has 0 aliphatic carbocycles. The van der Waals surface area contributed by atoms with Gasteiger partial charge in [-0.05, 0) is 45.0 Å². The third-order valence-corrected chi connectivity index (χ3v) is 2.53. The number of benzene rings is 2. The number of hydrogen-bond acceptors (Lipinski definition) is 1. The van der Waals surface area contributed by atoms with Gasteiger partial charge in [0, 0.05) is 11.2 Å². The summed E-state index contributed by atoms with van der Waals surface area (Å²) >= 11 is 0. The molecule has 3 heteroatoms. The fourth-order valence-electron chi connectivity index (χ4n) is 1.73. The lowest BCUT2D eigenvalue weighted by Gasteiger charge is -2.24.